The van der Waals surface area contributed by atoms with Crippen LogP contribution >= 0.6 is 23.4 Å². The van der Waals surface area contributed by atoms with Crippen LogP contribution in [0.15, 0.2) is 29.3 Å². The molecule has 19 heavy (non-hydrogen) atoms. The summed E-state index contributed by atoms with van der Waals surface area (Å²) >= 11 is 7.79. The lowest BCUT2D eigenvalue weighted by Gasteiger charge is -2.12. The number of ether oxygens (including phenoxy) is 1. The predicted octanol–water partition coefficient (Wildman–Crippen LogP) is 2.25. The van der Waals surface area contributed by atoms with Crippen molar-refractivity contribution in [1.29, 1.82) is 0 Å². The van der Waals surface area contributed by atoms with Gasteiger partial charge in [-0.3, -0.25) is 4.99 Å². The highest BCUT2D eigenvalue weighted by Crippen LogP contribution is 2.22. The quantitative estimate of drug-likeness (QED) is 0.461. The maximum absolute atomic E-state index is 5.99. The molecule has 4 nitrogen and oxygen atoms in total. The second-order valence-electron chi connectivity index (χ2n) is 3.70. The Balaban J connectivity index is 2.21. The van der Waals surface area contributed by atoms with Gasteiger partial charge in [-0.15, -0.1) is 0 Å². The number of hydrogen-bond acceptors (Lipinski definition) is 3. The number of rotatable bonds is 7. The van der Waals surface area contributed by atoms with Gasteiger partial charge in [0.15, 0.2) is 5.96 Å². The number of para-hydroxylation sites is 1. The summed E-state index contributed by atoms with van der Waals surface area (Å²) in [6, 6.07) is 7.45. The van der Waals surface area contributed by atoms with E-state index in [9.17, 15) is 0 Å². The highest BCUT2D eigenvalue weighted by molar-refractivity contribution is 7.98. The number of halogens is 1. The maximum Gasteiger partial charge on any atom is 0.191 e. The van der Waals surface area contributed by atoms with Crippen molar-refractivity contribution in [3.05, 3.63) is 29.3 Å². The summed E-state index contributed by atoms with van der Waals surface area (Å²) in [5.41, 5.74) is 0. The minimum atomic E-state index is 0.535. The van der Waals surface area contributed by atoms with E-state index in [0.717, 1.165) is 18.3 Å². The van der Waals surface area contributed by atoms with Crippen molar-refractivity contribution in [1.82, 2.24) is 10.6 Å². The zero-order valence-electron chi connectivity index (χ0n) is 11.3. The molecule has 0 bridgehead atoms. The average Bonchev–Trinajstić information content (AvgIpc) is 2.43. The molecule has 0 unspecified atom stereocenters. The molecule has 1 rings (SSSR count). The molecule has 106 valence electrons. The van der Waals surface area contributed by atoms with Gasteiger partial charge in [0, 0.05) is 19.3 Å². The van der Waals surface area contributed by atoms with Gasteiger partial charge in [0.25, 0.3) is 0 Å². The van der Waals surface area contributed by atoms with Gasteiger partial charge in [0.1, 0.15) is 12.4 Å². The summed E-state index contributed by atoms with van der Waals surface area (Å²) in [6.45, 7) is 2.10. The van der Waals surface area contributed by atoms with Crippen LogP contribution in [0.1, 0.15) is 0 Å². The third-order valence-corrected chi connectivity index (χ3v) is 3.24. The van der Waals surface area contributed by atoms with E-state index in [1.165, 1.54) is 0 Å². The summed E-state index contributed by atoms with van der Waals surface area (Å²) in [7, 11) is 1.75. The lowest BCUT2D eigenvalue weighted by molar-refractivity contribution is 0.322. The molecule has 1 aromatic carbocycles. The first-order chi connectivity index (χ1) is 9.27. The molecule has 0 saturated heterocycles. The van der Waals surface area contributed by atoms with E-state index in [0.29, 0.717) is 23.9 Å². The highest BCUT2D eigenvalue weighted by atomic mass is 35.5. The van der Waals surface area contributed by atoms with Crippen molar-refractivity contribution < 1.29 is 4.74 Å². The number of hydrogen-bond donors (Lipinski definition) is 2. The van der Waals surface area contributed by atoms with Gasteiger partial charge in [-0.25, -0.2) is 0 Å². The molecule has 0 aliphatic carbocycles. The smallest absolute Gasteiger partial charge is 0.191 e. The van der Waals surface area contributed by atoms with Gasteiger partial charge in [-0.1, -0.05) is 23.7 Å². The van der Waals surface area contributed by atoms with Crippen molar-refractivity contribution >= 4 is 29.3 Å². The normalized spacial score (nSPS) is 11.2. The van der Waals surface area contributed by atoms with Gasteiger partial charge < -0.3 is 15.4 Å². The molecule has 1 aromatic rings. The third kappa shape index (κ3) is 6.59. The topological polar surface area (TPSA) is 45.7 Å². The van der Waals surface area contributed by atoms with Crippen molar-refractivity contribution in [2.24, 2.45) is 4.99 Å². The van der Waals surface area contributed by atoms with Gasteiger partial charge in [0.2, 0.25) is 0 Å². The molecular formula is C13H20ClN3OS. The number of aliphatic imine (C=N–C) groups is 1. The number of benzene rings is 1. The Bertz CT molecular complexity index is 401. The summed E-state index contributed by atoms with van der Waals surface area (Å²) in [6.07, 6.45) is 2.08. The molecule has 0 amide bonds. The van der Waals surface area contributed by atoms with Crippen LogP contribution < -0.4 is 15.4 Å². The summed E-state index contributed by atoms with van der Waals surface area (Å²) in [5.74, 6) is 2.55. The fourth-order valence-corrected chi connectivity index (χ4v) is 1.88. The zero-order valence-corrected chi connectivity index (χ0v) is 12.9. The van der Waals surface area contributed by atoms with Crippen molar-refractivity contribution in [3.63, 3.8) is 0 Å². The van der Waals surface area contributed by atoms with Crippen LogP contribution in [0.2, 0.25) is 5.02 Å². The highest BCUT2D eigenvalue weighted by Gasteiger charge is 2.00. The average molecular weight is 302 g/mol. The molecule has 0 heterocycles. The van der Waals surface area contributed by atoms with E-state index in [2.05, 4.69) is 21.9 Å². The number of nitrogens with zero attached hydrogens (tertiary/aromatic N) is 1. The molecule has 0 atom stereocenters. The SMILES string of the molecule is CN=C(NCCOc1ccccc1Cl)NCCSC. The van der Waals surface area contributed by atoms with Crippen LogP contribution in [0, 0.1) is 0 Å². The van der Waals surface area contributed by atoms with Crippen LogP contribution in [-0.4, -0.2) is 44.7 Å². The predicted molar refractivity (Wildman–Crippen MR) is 84.7 cm³/mol. The fourth-order valence-electron chi connectivity index (χ4n) is 1.38. The molecule has 6 heteroatoms. The minimum Gasteiger partial charge on any atom is -0.490 e. The molecule has 0 saturated carbocycles. The van der Waals surface area contributed by atoms with Crippen LogP contribution in [0.4, 0.5) is 0 Å². The van der Waals surface area contributed by atoms with E-state index in [1.807, 2.05) is 24.3 Å². The molecule has 0 radical (unpaired) electrons. The minimum absolute atomic E-state index is 0.535. The summed E-state index contributed by atoms with van der Waals surface area (Å²) < 4.78 is 5.58. The summed E-state index contributed by atoms with van der Waals surface area (Å²) in [5, 5.41) is 7.03. The first-order valence-electron chi connectivity index (χ1n) is 6.08. The summed E-state index contributed by atoms with van der Waals surface area (Å²) in [4.78, 5) is 4.13. The lowest BCUT2D eigenvalue weighted by atomic mass is 10.3. The van der Waals surface area contributed by atoms with Crippen molar-refractivity contribution in [2.45, 2.75) is 0 Å². The Labute approximate surface area is 124 Å². The Morgan fingerprint density at radius 2 is 2.05 bits per heavy atom. The number of guanidine groups is 1. The molecule has 0 aliphatic rings. The fraction of sp³-hybridized carbons (Fsp3) is 0.462. The molecule has 0 aliphatic heterocycles. The lowest BCUT2D eigenvalue weighted by Crippen LogP contribution is -2.40. The second kappa shape index (κ2) is 9.81. The Morgan fingerprint density at radius 3 is 2.74 bits per heavy atom. The molecule has 0 spiro atoms. The molecular weight excluding hydrogens is 282 g/mol. The number of nitrogens with one attached hydrogen (secondary N) is 2. The van der Waals surface area contributed by atoms with Gasteiger partial charge in [-0.2, -0.15) is 11.8 Å². The van der Waals surface area contributed by atoms with E-state index in [1.54, 1.807) is 18.8 Å². The van der Waals surface area contributed by atoms with Crippen LogP contribution in [0.3, 0.4) is 0 Å². The van der Waals surface area contributed by atoms with E-state index in [-0.39, 0.29) is 0 Å². The molecule has 0 fully saturated rings. The monoisotopic (exact) mass is 301 g/mol. The number of thioether (sulfide) groups is 1. The van der Waals surface area contributed by atoms with Gasteiger partial charge in [0.05, 0.1) is 11.6 Å². The third-order valence-electron chi connectivity index (χ3n) is 2.31. The maximum atomic E-state index is 5.99. The van der Waals surface area contributed by atoms with E-state index >= 15 is 0 Å². The molecule has 0 aromatic heterocycles. The van der Waals surface area contributed by atoms with E-state index in [4.69, 9.17) is 16.3 Å². The van der Waals surface area contributed by atoms with Crippen LogP contribution in [-0.2, 0) is 0 Å². The standard InChI is InChI=1S/C13H20ClN3OS/c1-15-13(17-8-10-19-2)16-7-9-18-12-6-4-3-5-11(12)14/h3-6H,7-10H2,1-2H3,(H2,15,16,17). The Morgan fingerprint density at radius 1 is 1.32 bits per heavy atom. The van der Waals surface area contributed by atoms with Crippen molar-refractivity contribution in [2.75, 3.05) is 38.8 Å². The van der Waals surface area contributed by atoms with Crippen molar-refractivity contribution in [3.8, 4) is 5.75 Å². The zero-order chi connectivity index (χ0) is 13.9. The van der Waals surface area contributed by atoms with Crippen LogP contribution in [0.25, 0.3) is 0 Å². The largest absolute Gasteiger partial charge is 0.490 e. The Hall–Kier alpha value is -1.07. The van der Waals surface area contributed by atoms with Crippen LogP contribution in [0.5, 0.6) is 5.75 Å². The first kappa shape index (κ1) is 16.0. The van der Waals surface area contributed by atoms with E-state index < -0.39 is 0 Å². The second-order valence-corrected chi connectivity index (χ2v) is 5.09. The van der Waals surface area contributed by atoms with Gasteiger partial charge in [-0.05, 0) is 18.4 Å². The molecule has 2 N–H and O–H groups in total. The Kier molecular flexibility index (Phi) is 8.25. The van der Waals surface area contributed by atoms with Gasteiger partial charge >= 0.3 is 0 Å². The first-order valence-corrected chi connectivity index (χ1v) is 7.86.